The van der Waals surface area contributed by atoms with Crippen molar-refractivity contribution in [3.63, 3.8) is 0 Å². The number of fused-ring (bicyclic) bond motifs is 1. The molecule has 3 heterocycles. The lowest BCUT2D eigenvalue weighted by molar-refractivity contribution is 0.612. The highest BCUT2D eigenvalue weighted by Crippen LogP contribution is 2.21. The van der Waals surface area contributed by atoms with Crippen molar-refractivity contribution in [2.45, 2.75) is 12.3 Å². The van der Waals surface area contributed by atoms with Gasteiger partial charge in [-0.25, -0.2) is 4.39 Å². The Morgan fingerprint density at radius 1 is 1.40 bits per heavy atom. The van der Waals surface area contributed by atoms with Gasteiger partial charge in [0.1, 0.15) is 11.6 Å². The van der Waals surface area contributed by atoms with Gasteiger partial charge in [-0.2, -0.15) is 0 Å². The summed E-state index contributed by atoms with van der Waals surface area (Å²) in [5, 5.41) is 11.4. The SMILES string of the molecule is Fc1ccc2nnc(C3CCNC3)n2c1. The van der Waals surface area contributed by atoms with Gasteiger partial charge in [0.05, 0.1) is 0 Å². The van der Waals surface area contributed by atoms with Crippen LogP contribution in [0.5, 0.6) is 0 Å². The van der Waals surface area contributed by atoms with E-state index in [1.54, 1.807) is 10.5 Å². The molecular weight excluding hydrogens is 195 g/mol. The third-order valence-electron chi connectivity index (χ3n) is 2.82. The van der Waals surface area contributed by atoms with Crippen LogP contribution in [0.1, 0.15) is 18.2 Å². The lowest BCUT2D eigenvalue weighted by Gasteiger charge is -2.05. The minimum atomic E-state index is -0.255. The van der Waals surface area contributed by atoms with Crippen molar-refractivity contribution < 1.29 is 4.39 Å². The molecule has 0 aliphatic carbocycles. The molecule has 1 fully saturated rings. The van der Waals surface area contributed by atoms with E-state index in [-0.39, 0.29) is 5.82 Å². The zero-order chi connectivity index (χ0) is 10.3. The van der Waals surface area contributed by atoms with E-state index in [4.69, 9.17) is 0 Å². The molecule has 0 amide bonds. The van der Waals surface area contributed by atoms with Crippen molar-refractivity contribution in [1.82, 2.24) is 19.9 Å². The molecule has 2 aromatic heterocycles. The van der Waals surface area contributed by atoms with E-state index in [1.165, 1.54) is 12.3 Å². The first-order valence-corrected chi connectivity index (χ1v) is 5.05. The van der Waals surface area contributed by atoms with Crippen LogP contribution in [0.25, 0.3) is 5.65 Å². The molecule has 1 aliphatic rings. The van der Waals surface area contributed by atoms with Crippen LogP contribution in [0.15, 0.2) is 18.3 Å². The lowest BCUT2D eigenvalue weighted by atomic mass is 10.1. The second-order valence-corrected chi connectivity index (χ2v) is 3.82. The van der Waals surface area contributed by atoms with Crippen LogP contribution < -0.4 is 5.32 Å². The summed E-state index contributed by atoms with van der Waals surface area (Å²) in [6.45, 7) is 1.90. The molecule has 0 aromatic carbocycles. The van der Waals surface area contributed by atoms with Crippen LogP contribution in [-0.2, 0) is 0 Å². The Morgan fingerprint density at radius 3 is 3.13 bits per heavy atom. The van der Waals surface area contributed by atoms with Crippen LogP contribution >= 0.6 is 0 Å². The first-order valence-electron chi connectivity index (χ1n) is 5.05. The molecule has 1 N–H and O–H groups in total. The molecular formula is C10H11FN4. The summed E-state index contributed by atoms with van der Waals surface area (Å²) in [5.41, 5.74) is 0.707. The van der Waals surface area contributed by atoms with Gasteiger partial charge in [0.15, 0.2) is 5.65 Å². The third-order valence-corrected chi connectivity index (χ3v) is 2.82. The number of nitrogens with one attached hydrogen (secondary N) is 1. The maximum absolute atomic E-state index is 13.1. The van der Waals surface area contributed by atoms with Gasteiger partial charge in [-0.3, -0.25) is 4.40 Å². The van der Waals surface area contributed by atoms with E-state index in [1.807, 2.05) is 0 Å². The van der Waals surface area contributed by atoms with Gasteiger partial charge in [0, 0.05) is 18.7 Å². The minimum Gasteiger partial charge on any atom is -0.316 e. The number of rotatable bonds is 1. The van der Waals surface area contributed by atoms with E-state index >= 15 is 0 Å². The molecule has 15 heavy (non-hydrogen) atoms. The van der Waals surface area contributed by atoms with Crippen molar-refractivity contribution in [3.05, 3.63) is 30.0 Å². The smallest absolute Gasteiger partial charge is 0.160 e. The summed E-state index contributed by atoms with van der Waals surface area (Å²) in [5.74, 6) is 0.950. The van der Waals surface area contributed by atoms with Crippen LogP contribution in [-0.4, -0.2) is 27.7 Å². The minimum absolute atomic E-state index is 0.255. The lowest BCUT2D eigenvalue weighted by Crippen LogP contribution is -2.10. The number of pyridine rings is 1. The quantitative estimate of drug-likeness (QED) is 0.755. The number of nitrogens with zero attached hydrogens (tertiary/aromatic N) is 3. The monoisotopic (exact) mass is 206 g/mol. The van der Waals surface area contributed by atoms with Crippen molar-refractivity contribution >= 4 is 5.65 Å². The van der Waals surface area contributed by atoms with Crippen LogP contribution in [0.2, 0.25) is 0 Å². The van der Waals surface area contributed by atoms with Gasteiger partial charge in [0.2, 0.25) is 0 Å². The molecule has 78 valence electrons. The summed E-state index contributed by atoms with van der Waals surface area (Å²) < 4.78 is 14.8. The molecule has 4 nitrogen and oxygen atoms in total. The third kappa shape index (κ3) is 1.39. The number of hydrogen-bond acceptors (Lipinski definition) is 3. The van der Waals surface area contributed by atoms with Crippen LogP contribution in [0.3, 0.4) is 0 Å². The van der Waals surface area contributed by atoms with Gasteiger partial charge < -0.3 is 5.32 Å². The molecule has 3 rings (SSSR count). The van der Waals surface area contributed by atoms with Crippen LogP contribution in [0.4, 0.5) is 4.39 Å². The zero-order valence-corrected chi connectivity index (χ0v) is 8.15. The fraction of sp³-hybridized carbons (Fsp3) is 0.400. The van der Waals surface area contributed by atoms with Gasteiger partial charge in [-0.1, -0.05) is 0 Å². The number of aromatic nitrogens is 3. The Morgan fingerprint density at radius 2 is 2.33 bits per heavy atom. The Hall–Kier alpha value is -1.49. The highest BCUT2D eigenvalue weighted by atomic mass is 19.1. The van der Waals surface area contributed by atoms with Crippen LogP contribution in [0, 0.1) is 5.82 Å². The average Bonchev–Trinajstić information content (AvgIpc) is 2.83. The standard InChI is InChI=1S/C10H11FN4/c11-8-1-2-9-13-14-10(15(9)6-8)7-3-4-12-5-7/h1-2,6-7,12H,3-5H2. The molecule has 0 saturated carbocycles. The number of halogens is 1. The second-order valence-electron chi connectivity index (χ2n) is 3.82. The van der Waals surface area contributed by atoms with E-state index < -0.39 is 0 Å². The van der Waals surface area contributed by atoms with Crippen molar-refractivity contribution in [3.8, 4) is 0 Å². The summed E-state index contributed by atoms with van der Waals surface area (Å²) in [6, 6.07) is 3.05. The average molecular weight is 206 g/mol. The predicted octanol–water partition coefficient (Wildman–Crippen LogP) is 0.945. The zero-order valence-electron chi connectivity index (χ0n) is 8.15. The maximum Gasteiger partial charge on any atom is 0.160 e. The van der Waals surface area contributed by atoms with E-state index in [2.05, 4.69) is 15.5 Å². The highest BCUT2D eigenvalue weighted by molar-refractivity contribution is 5.38. The summed E-state index contributed by atoms with van der Waals surface area (Å²) >= 11 is 0. The Balaban J connectivity index is 2.13. The largest absolute Gasteiger partial charge is 0.316 e. The van der Waals surface area contributed by atoms with Gasteiger partial charge in [-0.05, 0) is 25.1 Å². The van der Waals surface area contributed by atoms with Gasteiger partial charge >= 0.3 is 0 Å². The second kappa shape index (κ2) is 3.27. The summed E-state index contributed by atoms with van der Waals surface area (Å²) in [7, 11) is 0. The normalized spacial score (nSPS) is 21.3. The Bertz CT molecular complexity index is 487. The molecule has 0 spiro atoms. The first kappa shape index (κ1) is 8.79. The molecule has 2 aromatic rings. The summed E-state index contributed by atoms with van der Waals surface area (Å²) in [6.07, 6.45) is 2.49. The number of hydrogen-bond donors (Lipinski definition) is 1. The molecule has 0 bridgehead atoms. The molecule has 1 unspecified atom stereocenters. The van der Waals surface area contributed by atoms with Crippen molar-refractivity contribution in [2.24, 2.45) is 0 Å². The molecule has 1 atom stereocenters. The van der Waals surface area contributed by atoms with E-state index in [9.17, 15) is 4.39 Å². The topological polar surface area (TPSA) is 42.2 Å². The fourth-order valence-corrected chi connectivity index (χ4v) is 2.04. The maximum atomic E-state index is 13.1. The fourth-order valence-electron chi connectivity index (χ4n) is 2.04. The Labute approximate surface area is 86.1 Å². The molecule has 1 aliphatic heterocycles. The molecule has 0 radical (unpaired) electrons. The van der Waals surface area contributed by atoms with Crippen molar-refractivity contribution in [1.29, 1.82) is 0 Å². The summed E-state index contributed by atoms with van der Waals surface area (Å²) in [4.78, 5) is 0. The first-order chi connectivity index (χ1) is 7.34. The molecule has 5 heteroatoms. The van der Waals surface area contributed by atoms with Crippen molar-refractivity contribution in [2.75, 3.05) is 13.1 Å². The van der Waals surface area contributed by atoms with Gasteiger partial charge in [0.25, 0.3) is 0 Å². The Kier molecular flexibility index (Phi) is 1.92. The highest BCUT2D eigenvalue weighted by Gasteiger charge is 2.21. The predicted molar refractivity (Wildman–Crippen MR) is 53.2 cm³/mol. The van der Waals surface area contributed by atoms with Gasteiger partial charge in [-0.15, -0.1) is 10.2 Å². The van der Waals surface area contributed by atoms with E-state index in [0.717, 1.165) is 25.3 Å². The molecule has 1 saturated heterocycles. The van der Waals surface area contributed by atoms with E-state index in [0.29, 0.717) is 11.6 Å².